The molecule has 1 heterocycles. The number of nitrogens with zero attached hydrogens (tertiary/aromatic N) is 1. The second-order valence-corrected chi connectivity index (χ2v) is 7.22. The SMILES string of the molecule is CCNC(=O)Nc1nc2c(Br)cc(Br)c(OC(C)C)c2s1. The summed E-state index contributed by atoms with van der Waals surface area (Å²) in [6.45, 7) is 6.36. The Bertz CT molecular complexity index is 673. The number of carbonyl (C=O) groups is 1. The molecule has 0 spiro atoms. The number of anilines is 1. The summed E-state index contributed by atoms with van der Waals surface area (Å²) < 4.78 is 8.44. The number of thiazole rings is 1. The predicted octanol–water partition coefficient (Wildman–Crippen LogP) is 4.75. The fourth-order valence-electron chi connectivity index (χ4n) is 1.69. The molecule has 0 saturated heterocycles. The number of hydrogen-bond donors (Lipinski definition) is 2. The van der Waals surface area contributed by atoms with Crippen LogP contribution in [0.4, 0.5) is 9.93 Å². The Morgan fingerprint density at radius 3 is 2.76 bits per heavy atom. The van der Waals surface area contributed by atoms with Crippen molar-refractivity contribution in [2.45, 2.75) is 26.9 Å². The molecule has 0 aliphatic carbocycles. The maximum absolute atomic E-state index is 11.6. The number of benzene rings is 1. The molecular formula is C13H15Br2N3O2S. The summed E-state index contributed by atoms with van der Waals surface area (Å²) in [5.74, 6) is 0.740. The molecule has 0 bridgehead atoms. The normalized spacial score (nSPS) is 11.0. The van der Waals surface area contributed by atoms with Crippen LogP contribution in [-0.4, -0.2) is 23.7 Å². The van der Waals surface area contributed by atoms with E-state index in [0.29, 0.717) is 11.7 Å². The molecule has 2 rings (SSSR count). The van der Waals surface area contributed by atoms with Crippen molar-refractivity contribution in [3.8, 4) is 5.75 Å². The molecule has 0 aliphatic rings. The van der Waals surface area contributed by atoms with Gasteiger partial charge in [0, 0.05) is 11.0 Å². The maximum atomic E-state index is 11.6. The second kappa shape index (κ2) is 6.93. The number of ether oxygens (including phenoxy) is 1. The van der Waals surface area contributed by atoms with Crippen molar-refractivity contribution >= 4 is 64.6 Å². The fourth-order valence-corrected chi connectivity index (χ4v) is 4.27. The maximum Gasteiger partial charge on any atom is 0.321 e. The lowest BCUT2D eigenvalue weighted by Gasteiger charge is -2.12. The van der Waals surface area contributed by atoms with Gasteiger partial charge in [-0.25, -0.2) is 9.78 Å². The first-order valence-corrected chi connectivity index (χ1v) is 8.82. The van der Waals surface area contributed by atoms with Crippen LogP contribution in [0.25, 0.3) is 10.2 Å². The number of amides is 2. The number of aromatic nitrogens is 1. The Hall–Kier alpha value is -0.860. The van der Waals surface area contributed by atoms with Crippen LogP contribution < -0.4 is 15.4 Å². The fraction of sp³-hybridized carbons (Fsp3) is 0.385. The first kappa shape index (κ1) is 16.5. The van der Waals surface area contributed by atoms with Gasteiger partial charge in [-0.3, -0.25) is 5.32 Å². The summed E-state index contributed by atoms with van der Waals surface area (Å²) in [4.78, 5) is 16.0. The van der Waals surface area contributed by atoms with Crippen molar-refractivity contribution in [3.05, 3.63) is 15.0 Å². The van der Waals surface area contributed by atoms with Crippen LogP contribution in [0.2, 0.25) is 0 Å². The minimum absolute atomic E-state index is 0.0487. The summed E-state index contributed by atoms with van der Waals surface area (Å²) >= 11 is 8.37. The van der Waals surface area contributed by atoms with E-state index in [1.165, 1.54) is 11.3 Å². The Kier molecular flexibility index (Phi) is 5.45. The zero-order chi connectivity index (χ0) is 15.6. The molecule has 1 aromatic heterocycles. The third-order valence-electron chi connectivity index (χ3n) is 2.44. The first-order chi connectivity index (χ1) is 9.92. The van der Waals surface area contributed by atoms with Crippen molar-refractivity contribution in [2.75, 3.05) is 11.9 Å². The molecule has 2 aromatic rings. The molecular weight excluding hydrogens is 422 g/mol. The predicted molar refractivity (Wildman–Crippen MR) is 93.5 cm³/mol. The standard InChI is InChI=1S/C13H15Br2N3O2S/c1-4-16-12(19)18-13-17-9-7(14)5-8(15)10(11(9)21-13)20-6(2)3/h5-6H,4H2,1-3H3,(H2,16,17,18,19). The molecule has 1 aromatic carbocycles. The first-order valence-electron chi connectivity index (χ1n) is 6.42. The number of fused-ring (bicyclic) bond motifs is 1. The lowest BCUT2D eigenvalue weighted by atomic mass is 10.3. The molecule has 114 valence electrons. The van der Waals surface area contributed by atoms with E-state index >= 15 is 0 Å². The van der Waals surface area contributed by atoms with Crippen LogP contribution >= 0.6 is 43.2 Å². The average molecular weight is 437 g/mol. The lowest BCUT2D eigenvalue weighted by Crippen LogP contribution is -2.28. The molecule has 0 atom stereocenters. The van der Waals surface area contributed by atoms with E-state index in [-0.39, 0.29) is 12.1 Å². The van der Waals surface area contributed by atoms with Crippen molar-refractivity contribution < 1.29 is 9.53 Å². The van der Waals surface area contributed by atoms with Crippen LogP contribution in [0.15, 0.2) is 15.0 Å². The third-order valence-corrected chi connectivity index (χ3v) is 4.60. The molecule has 2 N–H and O–H groups in total. The van der Waals surface area contributed by atoms with Crippen LogP contribution in [-0.2, 0) is 0 Å². The Balaban J connectivity index is 2.45. The number of rotatable bonds is 4. The summed E-state index contributed by atoms with van der Waals surface area (Å²) in [5, 5.41) is 5.93. The van der Waals surface area contributed by atoms with Crippen LogP contribution in [0.5, 0.6) is 5.75 Å². The minimum atomic E-state index is -0.266. The Morgan fingerprint density at radius 1 is 1.43 bits per heavy atom. The molecule has 8 heteroatoms. The minimum Gasteiger partial charge on any atom is -0.488 e. The lowest BCUT2D eigenvalue weighted by molar-refractivity contribution is 0.244. The molecule has 0 radical (unpaired) electrons. The summed E-state index contributed by atoms with van der Waals surface area (Å²) in [6.07, 6.45) is 0.0487. The summed E-state index contributed by atoms with van der Waals surface area (Å²) in [6, 6.07) is 1.63. The van der Waals surface area contributed by atoms with Gasteiger partial charge < -0.3 is 10.1 Å². The van der Waals surface area contributed by atoms with Crippen molar-refractivity contribution in [1.82, 2.24) is 10.3 Å². The number of halogens is 2. The molecule has 0 saturated carbocycles. The van der Waals surface area contributed by atoms with Crippen molar-refractivity contribution in [3.63, 3.8) is 0 Å². The third kappa shape index (κ3) is 3.87. The molecule has 21 heavy (non-hydrogen) atoms. The zero-order valence-corrected chi connectivity index (χ0v) is 15.8. The number of nitrogens with one attached hydrogen (secondary N) is 2. The Labute approximate surface area is 143 Å². The van der Waals surface area contributed by atoms with Gasteiger partial charge in [0.15, 0.2) is 10.9 Å². The smallest absolute Gasteiger partial charge is 0.321 e. The number of hydrogen-bond acceptors (Lipinski definition) is 4. The van der Waals surface area contributed by atoms with Gasteiger partial charge in [0.05, 0.1) is 10.6 Å². The zero-order valence-electron chi connectivity index (χ0n) is 11.8. The summed E-state index contributed by atoms with van der Waals surface area (Å²) in [5.41, 5.74) is 0.769. The van der Waals surface area contributed by atoms with Gasteiger partial charge in [-0.05, 0) is 58.7 Å². The van der Waals surface area contributed by atoms with Crippen LogP contribution in [0, 0.1) is 0 Å². The second-order valence-electron chi connectivity index (χ2n) is 4.52. The van der Waals surface area contributed by atoms with E-state index in [9.17, 15) is 4.79 Å². The van der Waals surface area contributed by atoms with E-state index < -0.39 is 0 Å². The summed E-state index contributed by atoms with van der Waals surface area (Å²) in [7, 11) is 0. The molecule has 2 amide bonds. The van der Waals surface area contributed by atoms with Crippen molar-refractivity contribution in [1.29, 1.82) is 0 Å². The highest BCUT2D eigenvalue weighted by molar-refractivity contribution is 9.11. The van der Waals surface area contributed by atoms with Crippen LogP contribution in [0.1, 0.15) is 20.8 Å². The molecule has 0 fully saturated rings. The monoisotopic (exact) mass is 435 g/mol. The van der Waals surface area contributed by atoms with Crippen LogP contribution in [0.3, 0.4) is 0 Å². The van der Waals surface area contributed by atoms with Gasteiger partial charge in [0.1, 0.15) is 10.2 Å². The van der Waals surface area contributed by atoms with E-state index in [2.05, 4.69) is 47.5 Å². The van der Waals surface area contributed by atoms with Crippen molar-refractivity contribution in [2.24, 2.45) is 0 Å². The van der Waals surface area contributed by atoms with E-state index in [0.717, 1.165) is 24.9 Å². The highest BCUT2D eigenvalue weighted by Gasteiger charge is 2.17. The number of carbonyl (C=O) groups excluding carboxylic acids is 1. The van der Waals surface area contributed by atoms with Gasteiger partial charge in [0.25, 0.3) is 0 Å². The number of urea groups is 1. The highest BCUT2D eigenvalue weighted by Crippen LogP contribution is 2.43. The highest BCUT2D eigenvalue weighted by atomic mass is 79.9. The molecule has 0 aliphatic heterocycles. The van der Waals surface area contributed by atoms with Gasteiger partial charge in [0.2, 0.25) is 0 Å². The quantitative estimate of drug-likeness (QED) is 0.726. The van der Waals surface area contributed by atoms with E-state index in [4.69, 9.17) is 4.74 Å². The molecule has 5 nitrogen and oxygen atoms in total. The topological polar surface area (TPSA) is 63.2 Å². The largest absolute Gasteiger partial charge is 0.488 e. The van der Waals surface area contributed by atoms with E-state index in [1.807, 2.05) is 26.8 Å². The van der Waals surface area contributed by atoms with E-state index in [1.54, 1.807) is 0 Å². The van der Waals surface area contributed by atoms with Gasteiger partial charge in [-0.2, -0.15) is 0 Å². The van der Waals surface area contributed by atoms with Gasteiger partial charge in [-0.15, -0.1) is 0 Å². The van der Waals surface area contributed by atoms with Gasteiger partial charge >= 0.3 is 6.03 Å². The molecule has 0 unspecified atom stereocenters. The Morgan fingerprint density at radius 2 is 2.14 bits per heavy atom. The average Bonchev–Trinajstić information content (AvgIpc) is 2.78. The van der Waals surface area contributed by atoms with Gasteiger partial charge in [-0.1, -0.05) is 11.3 Å².